The molecule has 2 fully saturated rings. The molecule has 1 N–H and O–H groups in total. The fourth-order valence-electron chi connectivity index (χ4n) is 4.59. The van der Waals surface area contributed by atoms with Gasteiger partial charge in [-0.1, -0.05) is 48.2 Å². The van der Waals surface area contributed by atoms with Crippen LogP contribution in [-0.2, 0) is 11.2 Å². The fourth-order valence-corrected chi connectivity index (χ4v) is 5.03. The number of carbonyl (C=O) groups excluding carboxylic acids is 1. The van der Waals surface area contributed by atoms with Gasteiger partial charge >= 0.3 is 0 Å². The summed E-state index contributed by atoms with van der Waals surface area (Å²) < 4.78 is 13.2. The van der Waals surface area contributed by atoms with Crippen molar-refractivity contribution in [3.05, 3.63) is 63.9 Å². The van der Waals surface area contributed by atoms with Crippen LogP contribution in [0.25, 0.3) is 0 Å². The molecule has 6 nitrogen and oxygen atoms in total. The topological polar surface area (TPSA) is 60.3 Å². The van der Waals surface area contributed by atoms with E-state index < -0.39 is 6.04 Å². The summed E-state index contributed by atoms with van der Waals surface area (Å²) in [4.78, 5) is 15.7. The molecule has 2 aliphatic rings. The Bertz CT molecular complexity index is 989. The number of hydrazine groups is 1. The van der Waals surface area contributed by atoms with Crippen LogP contribution in [0.5, 0.6) is 0 Å². The largest absolute Gasteiger partial charge is 0.298 e. The average Bonchev–Trinajstić information content (AvgIpc) is 3.37. The number of carbonyl (C=O) groups is 1. The monoisotopic (exact) mass is 505 g/mol. The summed E-state index contributed by atoms with van der Waals surface area (Å²) in [7, 11) is 0. The van der Waals surface area contributed by atoms with Crippen molar-refractivity contribution in [3.63, 3.8) is 0 Å². The van der Waals surface area contributed by atoms with Crippen molar-refractivity contribution in [2.45, 2.75) is 50.6 Å². The van der Waals surface area contributed by atoms with Gasteiger partial charge in [-0.25, -0.2) is 9.40 Å². The molecule has 1 aliphatic heterocycles. The molecule has 2 aromatic rings. The van der Waals surface area contributed by atoms with Crippen LogP contribution >= 0.6 is 23.2 Å². The number of halogens is 3. The van der Waals surface area contributed by atoms with Gasteiger partial charge in [0.2, 0.25) is 0 Å². The first-order valence-corrected chi connectivity index (χ1v) is 12.6. The van der Waals surface area contributed by atoms with E-state index in [1.807, 2.05) is 5.01 Å². The molecule has 1 saturated heterocycles. The maximum absolute atomic E-state index is 13.2. The van der Waals surface area contributed by atoms with E-state index in [9.17, 15) is 9.18 Å². The molecule has 1 amide bonds. The van der Waals surface area contributed by atoms with Gasteiger partial charge in [-0.2, -0.15) is 10.2 Å². The van der Waals surface area contributed by atoms with Gasteiger partial charge in [0.15, 0.2) is 6.04 Å². The van der Waals surface area contributed by atoms with E-state index in [1.54, 1.807) is 30.3 Å². The van der Waals surface area contributed by atoms with E-state index in [0.29, 0.717) is 34.6 Å². The number of azo groups is 1. The molecule has 9 heteroatoms. The highest BCUT2D eigenvalue weighted by Crippen LogP contribution is 2.29. The van der Waals surface area contributed by atoms with Gasteiger partial charge < -0.3 is 0 Å². The molecule has 4 rings (SSSR count). The Kier molecular flexibility index (Phi) is 8.89. The van der Waals surface area contributed by atoms with Gasteiger partial charge in [0.05, 0.1) is 5.02 Å². The second-order valence-corrected chi connectivity index (χ2v) is 9.77. The Balaban J connectivity index is 1.39. The molecule has 1 aliphatic carbocycles. The van der Waals surface area contributed by atoms with Gasteiger partial charge in [0.1, 0.15) is 11.5 Å². The lowest BCUT2D eigenvalue weighted by Crippen LogP contribution is -2.56. The Morgan fingerprint density at radius 1 is 1.06 bits per heavy atom. The first kappa shape index (κ1) is 25.0. The zero-order valence-electron chi connectivity index (χ0n) is 19.1. The van der Waals surface area contributed by atoms with Crippen molar-refractivity contribution in [3.8, 4) is 0 Å². The molecule has 1 heterocycles. The van der Waals surface area contributed by atoms with Crippen LogP contribution in [-0.4, -0.2) is 54.1 Å². The van der Waals surface area contributed by atoms with Crippen molar-refractivity contribution >= 4 is 34.8 Å². The second-order valence-electron chi connectivity index (χ2n) is 8.93. The van der Waals surface area contributed by atoms with Crippen LogP contribution in [0.4, 0.5) is 10.1 Å². The maximum atomic E-state index is 13.2. The fraction of sp³-hybridized carbons (Fsp3) is 0.480. The minimum atomic E-state index is -0.704. The van der Waals surface area contributed by atoms with Crippen LogP contribution in [0.1, 0.15) is 37.7 Å². The second kappa shape index (κ2) is 12.1. The summed E-state index contributed by atoms with van der Waals surface area (Å²) in [6.45, 7) is 3.47. The molecule has 0 radical (unpaired) electrons. The summed E-state index contributed by atoms with van der Waals surface area (Å²) in [6, 6.07) is 11.2. The van der Waals surface area contributed by atoms with Gasteiger partial charge in [-0.05, 0) is 61.6 Å². The molecule has 1 unspecified atom stereocenters. The van der Waals surface area contributed by atoms with E-state index in [1.165, 1.54) is 37.8 Å². The van der Waals surface area contributed by atoms with E-state index in [2.05, 4.69) is 20.6 Å². The summed E-state index contributed by atoms with van der Waals surface area (Å²) in [6.07, 6.45) is 6.21. The SMILES string of the molecule is O=C(NN1CCN(C2CCCC2)CC1)C(CCc1ccc(F)cc1)N=Nc1ccc(Cl)cc1Cl. The predicted molar refractivity (Wildman–Crippen MR) is 133 cm³/mol. The van der Waals surface area contributed by atoms with Crippen molar-refractivity contribution < 1.29 is 9.18 Å². The van der Waals surface area contributed by atoms with Crippen LogP contribution in [0.2, 0.25) is 10.0 Å². The first-order chi connectivity index (χ1) is 16.5. The van der Waals surface area contributed by atoms with Crippen LogP contribution in [0, 0.1) is 5.82 Å². The molecule has 34 heavy (non-hydrogen) atoms. The number of benzene rings is 2. The van der Waals surface area contributed by atoms with Crippen molar-refractivity contribution in [2.75, 3.05) is 26.2 Å². The molecule has 0 aromatic heterocycles. The van der Waals surface area contributed by atoms with Crippen LogP contribution in [0.15, 0.2) is 52.7 Å². The lowest BCUT2D eigenvalue weighted by molar-refractivity contribution is -0.128. The minimum absolute atomic E-state index is 0.203. The lowest BCUT2D eigenvalue weighted by atomic mass is 10.1. The smallest absolute Gasteiger partial charge is 0.261 e. The average molecular weight is 506 g/mol. The van der Waals surface area contributed by atoms with E-state index >= 15 is 0 Å². The number of aryl methyl sites for hydroxylation is 1. The number of hydrogen-bond donors (Lipinski definition) is 1. The molecule has 182 valence electrons. The van der Waals surface area contributed by atoms with Gasteiger partial charge in [-0.3, -0.25) is 15.1 Å². The number of rotatable bonds is 8. The number of piperazine rings is 1. The molecule has 0 spiro atoms. The molecule has 0 bridgehead atoms. The predicted octanol–water partition coefficient (Wildman–Crippen LogP) is 5.81. The Hall–Kier alpha value is -2.06. The minimum Gasteiger partial charge on any atom is -0.298 e. The number of nitrogens with one attached hydrogen (secondary N) is 1. The maximum Gasteiger partial charge on any atom is 0.261 e. The summed E-state index contributed by atoms with van der Waals surface area (Å²) in [5, 5.41) is 11.4. The highest BCUT2D eigenvalue weighted by Gasteiger charge is 2.28. The Morgan fingerprint density at radius 2 is 1.76 bits per heavy atom. The van der Waals surface area contributed by atoms with Crippen LogP contribution in [0.3, 0.4) is 0 Å². The number of amides is 1. The normalized spacial score (nSPS) is 19.0. The van der Waals surface area contributed by atoms with Gasteiger partial charge in [0.25, 0.3) is 5.91 Å². The van der Waals surface area contributed by atoms with Gasteiger partial charge in [0, 0.05) is 37.2 Å². The third-order valence-corrected chi connectivity index (χ3v) is 7.10. The van der Waals surface area contributed by atoms with Crippen molar-refractivity contribution in [1.82, 2.24) is 15.3 Å². The molecular weight excluding hydrogens is 476 g/mol. The molecule has 2 aromatic carbocycles. The van der Waals surface area contributed by atoms with E-state index in [0.717, 1.165) is 31.7 Å². The van der Waals surface area contributed by atoms with Crippen molar-refractivity contribution in [2.24, 2.45) is 10.2 Å². The Morgan fingerprint density at radius 3 is 2.44 bits per heavy atom. The quantitative estimate of drug-likeness (QED) is 0.460. The highest BCUT2D eigenvalue weighted by atomic mass is 35.5. The zero-order valence-corrected chi connectivity index (χ0v) is 20.6. The zero-order chi connectivity index (χ0) is 23.9. The number of hydrogen-bond acceptors (Lipinski definition) is 5. The molecule has 1 atom stereocenters. The Labute approximate surface area is 210 Å². The van der Waals surface area contributed by atoms with Crippen molar-refractivity contribution in [1.29, 1.82) is 0 Å². The third-order valence-electron chi connectivity index (χ3n) is 6.56. The van der Waals surface area contributed by atoms with Crippen LogP contribution < -0.4 is 5.43 Å². The molecule has 1 saturated carbocycles. The lowest BCUT2D eigenvalue weighted by Gasteiger charge is -2.38. The summed E-state index contributed by atoms with van der Waals surface area (Å²) in [5.74, 6) is -0.489. The molecular formula is C25H30Cl2FN5O. The van der Waals surface area contributed by atoms with E-state index in [4.69, 9.17) is 23.2 Å². The third kappa shape index (κ3) is 6.98. The number of nitrogens with zero attached hydrogens (tertiary/aromatic N) is 4. The standard InChI is InChI=1S/C25H30Cl2FN5O/c26-19-8-12-23(22(27)17-19)29-30-24(11-7-18-5-9-20(28)10-6-18)25(34)31-33-15-13-32(14-16-33)21-3-1-2-4-21/h5-6,8-10,12,17,21,24H,1-4,7,11,13-16H2,(H,31,34). The first-order valence-electron chi connectivity index (χ1n) is 11.9. The van der Waals surface area contributed by atoms with E-state index in [-0.39, 0.29) is 11.7 Å². The van der Waals surface area contributed by atoms with Gasteiger partial charge in [-0.15, -0.1) is 0 Å². The summed E-state index contributed by atoms with van der Waals surface area (Å²) >= 11 is 12.2. The summed E-state index contributed by atoms with van der Waals surface area (Å²) in [5.41, 5.74) is 4.42. The highest BCUT2D eigenvalue weighted by molar-refractivity contribution is 6.36.